The minimum absolute atomic E-state index is 0.0418. The highest BCUT2D eigenvalue weighted by Gasteiger charge is 2.26. The minimum Gasteiger partial charge on any atom is -0.457 e. The largest absolute Gasteiger partial charge is 0.472 e. The molecule has 0 heterocycles. The van der Waals surface area contributed by atoms with Gasteiger partial charge in [-0.2, -0.15) is 0 Å². The lowest BCUT2D eigenvalue weighted by molar-refractivity contribution is -0.154. The molecule has 0 radical (unpaired) electrons. The fourth-order valence-electron chi connectivity index (χ4n) is 7.06. The number of ether oxygens (including phenoxy) is 2. The maximum Gasteiger partial charge on any atom is 0.472 e. The normalized spacial score (nSPS) is 14.2. The van der Waals surface area contributed by atoms with E-state index in [1.54, 1.807) is 0 Å². The van der Waals surface area contributed by atoms with Crippen molar-refractivity contribution in [2.45, 2.75) is 244 Å². The molecule has 3 atom stereocenters. The van der Waals surface area contributed by atoms with E-state index in [1.807, 2.05) is 0 Å². The zero-order valence-corrected chi connectivity index (χ0v) is 41.0. The fraction of sp³-hybridized carbons (Fsp3) is 0.827. The quantitative estimate of drug-likeness (QED) is 0.0236. The second-order valence-corrected chi connectivity index (χ2v) is 18.6. The smallest absolute Gasteiger partial charge is 0.457 e. The first-order valence-electron chi connectivity index (χ1n) is 25.6. The van der Waals surface area contributed by atoms with E-state index in [0.717, 1.165) is 57.8 Å². The van der Waals surface area contributed by atoms with Gasteiger partial charge in [0.2, 0.25) is 0 Å². The fourth-order valence-corrected chi connectivity index (χ4v) is 7.85. The number of allylic oxidation sites excluding steroid dienone is 8. The van der Waals surface area contributed by atoms with Crippen LogP contribution < -0.4 is 0 Å². The summed E-state index contributed by atoms with van der Waals surface area (Å²) in [5.41, 5.74) is 0. The molecule has 364 valence electrons. The van der Waals surface area contributed by atoms with Gasteiger partial charge in [0.15, 0.2) is 0 Å². The van der Waals surface area contributed by atoms with Gasteiger partial charge in [0.25, 0.3) is 0 Å². The summed E-state index contributed by atoms with van der Waals surface area (Å²) in [5, 5.41) is 18.4. The van der Waals surface area contributed by atoms with E-state index in [4.69, 9.17) is 23.6 Å². The number of aliphatic hydroxyl groups is 2. The topological polar surface area (TPSA) is 132 Å². The van der Waals surface area contributed by atoms with Crippen LogP contribution in [-0.4, -0.2) is 66.3 Å². The molecule has 10 heteroatoms. The SMILES string of the molecule is CCCCCCC/C=C\C/C=C\C/C=C\CCCCCCCCCOCC(COP(=O)(O)OCC(O)CO)OC(=O)CCCCCCCCCCC/C=C\CCCCCCCC. The minimum atomic E-state index is -4.53. The molecule has 0 amide bonds. The van der Waals surface area contributed by atoms with E-state index in [9.17, 15) is 19.4 Å². The summed E-state index contributed by atoms with van der Waals surface area (Å²) in [6.45, 7) is 3.50. The van der Waals surface area contributed by atoms with Crippen molar-refractivity contribution in [1.29, 1.82) is 0 Å². The molecule has 0 aromatic rings. The van der Waals surface area contributed by atoms with Gasteiger partial charge in [-0.1, -0.05) is 197 Å². The van der Waals surface area contributed by atoms with Crippen molar-refractivity contribution >= 4 is 13.8 Å². The number of hydrogen-bond donors (Lipinski definition) is 3. The molecule has 9 nitrogen and oxygen atoms in total. The molecule has 62 heavy (non-hydrogen) atoms. The van der Waals surface area contributed by atoms with E-state index in [2.05, 4.69) is 62.5 Å². The lowest BCUT2D eigenvalue weighted by Crippen LogP contribution is -2.29. The van der Waals surface area contributed by atoms with Gasteiger partial charge in [-0.05, 0) is 77.0 Å². The first kappa shape index (κ1) is 60.4. The van der Waals surface area contributed by atoms with Crippen molar-refractivity contribution in [2.24, 2.45) is 0 Å². The van der Waals surface area contributed by atoms with Crippen LogP contribution in [0.4, 0.5) is 0 Å². The van der Waals surface area contributed by atoms with Crippen LogP contribution in [0.3, 0.4) is 0 Å². The van der Waals surface area contributed by atoms with Crippen molar-refractivity contribution in [1.82, 2.24) is 0 Å². The van der Waals surface area contributed by atoms with Crippen molar-refractivity contribution < 1.29 is 43.0 Å². The molecule has 0 fully saturated rings. The summed E-state index contributed by atoms with van der Waals surface area (Å²) in [6, 6.07) is 0. The van der Waals surface area contributed by atoms with Crippen LogP contribution in [0.1, 0.15) is 232 Å². The zero-order chi connectivity index (χ0) is 45.3. The molecule has 0 rings (SSSR count). The number of carbonyl (C=O) groups excluding carboxylic acids is 1. The molecule has 0 aromatic heterocycles. The summed E-state index contributed by atoms with van der Waals surface area (Å²) in [6.07, 6.45) is 56.4. The molecule has 0 aliphatic carbocycles. The maximum absolute atomic E-state index is 12.7. The van der Waals surface area contributed by atoms with E-state index >= 15 is 0 Å². The summed E-state index contributed by atoms with van der Waals surface area (Å²) >= 11 is 0. The van der Waals surface area contributed by atoms with Crippen LogP contribution in [-0.2, 0) is 27.9 Å². The van der Waals surface area contributed by atoms with Crippen LogP contribution >= 0.6 is 7.82 Å². The highest BCUT2D eigenvalue weighted by Crippen LogP contribution is 2.43. The number of rotatable bonds is 49. The van der Waals surface area contributed by atoms with Crippen LogP contribution in [0.15, 0.2) is 48.6 Å². The van der Waals surface area contributed by atoms with Crippen molar-refractivity contribution in [2.75, 3.05) is 33.0 Å². The highest BCUT2D eigenvalue weighted by molar-refractivity contribution is 7.47. The van der Waals surface area contributed by atoms with Gasteiger partial charge >= 0.3 is 13.8 Å². The molecule has 3 N–H and O–H groups in total. The Morgan fingerprint density at radius 1 is 0.500 bits per heavy atom. The summed E-state index contributed by atoms with van der Waals surface area (Å²) in [4.78, 5) is 22.7. The molecule has 0 bridgehead atoms. The Bertz CT molecular complexity index is 1110. The molecule has 0 saturated heterocycles. The first-order chi connectivity index (χ1) is 30.3. The average molecular weight is 897 g/mol. The second-order valence-electron chi connectivity index (χ2n) is 17.2. The Balaban J connectivity index is 4.11. The average Bonchev–Trinajstić information content (AvgIpc) is 3.26. The predicted molar refractivity (Wildman–Crippen MR) is 260 cm³/mol. The Morgan fingerprint density at radius 2 is 0.871 bits per heavy atom. The third kappa shape index (κ3) is 47.9. The predicted octanol–water partition coefficient (Wildman–Crippen LogP) is 14.9. The number of unbranched alkanes of at least 4 members (excludes halogenated alkanes) is 27. The van der Waals surface area contributed by atoms with Crippen molar-refractivity contribution in [3.05, 3.63) is 48.6 Å². The van der Waals surface area contributed by atoms with Gasteiger partial charge < -0.3 is 24.6 Å². The molecule has 0 aliphatic heterocycles. The van der Waals surface area contributed by atoms with Gasteiger partial charge in [-0.15, -0.1) is 0 Å². The lowest BCUT2D eigenvalue weighted by atomic mass is 10.1. The number of hydrogen-bond acceptors (Lipinski definition) is 8. The third-order valence-electron chi connectivity index (χ3n) is 11.0. The van der Waals surface area contributed by atoms with Crippen LogP contribution in [0, 0.1) is 0 Å². The van der Waals surface area contributed by atoms with E-state index < -0.39 is 33.2 Å². The van der Waals surface area contributed by atoms with E-state index in [0.29, 0.717) is 6.61 Å². The Kier molecular flexibility index (Phi) is 47.6. The van der Waals surface area contributed by atoms with Gasteiger partial charge in [-0.3, -0.25) is 13.8 Å². The molecule has 0 saturated carbocycles. The van der Waals surface area contributed by atoms with Crippen LogP contribution in [0.2, 0.25) is 0 Å². The van der Waals surface area contributed by atoms with Crippen molar-refractivity contribution in [3.8, 4) is 0 Å². The molecule has 3 unspecified atom stereocenters. The number of phosphoric ester groups is 1. The Labute approximate surface area is 381 Å². The van der Waals surface area contributed by atoms with Crippen molar-refractivity contribution in [3.63, 3.8) is 0 Å². The first-order valence-corrected chi connectivity index (χ1v) is 27.1. The number of esters is 1. The van der Waals surface area contributed by atoms with Crippen LogP contribution in [0.25, 0.3) is 0 Å². The molecular formula is C52H97O9P. The number of aliphatic hydroxyl groups excluding tert-OH is 2. The standard InChI is InChI=1S/C52H97O9P/c1-3-5-7-9-11-13-15-17-19-21-23-24-25-27-29-31-33-35-37-39-41-43-45-58-48-51(49-60-62(56,57)59-47-50(54)46-53)61-52(55)44-42-40-38-36-34-32-30-28-26-22-20-18-16-14-12-10-8-6-4-2/h15,17-18,20-21,23,25,27,50-51,53-54H,3-14,16,19,22,24,26,28-49H2,1-2H3,(H,56,57)/b17-15-,20-18-,23-21-,27-25-. The number of phosphoric acid groups is 1. The zero-order valence-electron chi connectivity index (χ0n) is 40.1. The van der Waals surface area contributed by atoms with Crippen LogP contribution in [0.5, 0.6) is 0 Å². The van der Waals surface area contributed by atoms with Gasteiger partial charge in [-0.25, -0.2) is 4.57 Å². The van der Waals surface area contributed by atoms with Gasteiger partial charge in [0.05, 0.1) is 26.4 Å². The lowest BCUT2D eigenvalue weighted by Gasteiger charge is -2.20. The Hall–Kier alpha value is -1.58. The Morgan fingerprint density at radius 3 is 1.32 bits per heavy atom. The molecule has 0 spiro atoms. The van der Waals surface area contributed by atoms with E-state index in [-0.39, 0.29) is 25.6 Å². The second kappa shape index (κ2) is 48.9. The summed E-state index contributed by atoms with van der Waals surface area (Å²) in [5.74, 6) is -0.387. The highest BCUT2D eigenvalue weighted by atomic mass is 31.2. The molecule has 0 aromatic carbocycles. The molecule has 0 aliphatic rings. The molecular weight excluding hydrogens is 800 g/mol. The van der Waals surface area contributed by atoms with Gasteiger partial charge in [0.1, 0.15) is 12.2 Å². The van der Waals surface area contributed by atoms with E-state index in [1.165, 1.54) is 154 Å². The maximum atomic E-state index is 12.7. The summed E-state index contributed by atoms with van der Waals surface area (Å²) in [7, 11) is -4.53. The third-order valence-corrected chi connectivity index (χ3v) is 11.9. The number of carbonyl (C=O) groups is 1. The monoisotopic (exact) mass is 897 g/mol. The van der Waals surface area contributed by atoms with Gasteiger partial charge in [0, 0.05) is 13.0 Å². The summed E-state index contributed by atoms with van der Waals surface area (Å²) < 4.78 is 33.5.